The summed E-state index contributed by atoms with van der Waals surface area (Å²) >= 11 is 0. The van der Waals surface area contributed by atoms with Gasteiger partial charge in [0.25, 0.3) is 5.91 Å². The molecule has 0 saturated carbocycles. The molecule has 136 valence electrons. The van der Waals surface area contributed by atoms with Crippen molar-refractivity contribution in [1.29, 1.82) is 0 Å². The molecule has 0 spiro atoms. The Balaban J connectivity index is 1.86. The van der Waals surface area contributed by atoms with Gasteiger partial charge in [0.05, 0.1) is 6.42 Å². The molecule has 2 N–H and O–H groups in total. The van der Waals surface area contributed by atoms with E-state index < -0.39 is 23.8 Å². The van der Waals surface area contributed by atoms with E-state index in [9.17, 15) is 18.8 Å². The second-order valence-corrected chi connectivity index (χ2v) is 5.69. The van der Waals surface area contributed by atoms with Gasteiger partial charge >= 0.3 is 5.97 Å². The van der Waals surface area contributed by atoms with Gasteiger partial charge in [-0.2, -0.15) is 0 Å². The molecule has 1 unspecified atom stereocenters. The van der Waals surface area contributed by atoms with Crippen molar-refractivity contribution in [2.75, 3.05) is 10.6 Å². The zero-order valence-corrected chi connectivity index (χ0v) is 14.4. The fourth-order valence-corrected chi connectivity index (χ4v) is 2.19. The summed E-state index contributed by atoms with van der Waals surface area (Å²) in [6.45, 7) is 2.85. The van der Waals surface area contributed by atoms with Crippen LogP contribution < -0.4 is 10.6 Å². The van der Waals surface area contributed by atoms with E-state index in [2.05, 4.69) is 10.6 Å². The van der Waals surface area contributed by atoms with Gasteiger partial charge in [0.15, 0.2) is 6.10 Å². The van der Waals surface area contributed by atoms with Crippen LogP contribution in [0, 0.1) is 5.82 Å². The van der Waals surface area contributed by atoms with Gasteiger partial charge in [0.1, 0.15) is 5.82 Å². The quantitative estimate of drug-likeness (QED) is 0.778. The Morgan fingerprint density at radius 1 is 1.04 bits per heavy atom. The molecule has 2 aromatic carbocycles. The number of carbonyl (C=O) groups is 3. The average Bonchev–Trinajstić information content (AvgIpc) is 2.56. The van der Waals surface area contributed by atoms with Crippen LogP contribution in [-0.2, 0) is 25.5 Å². The molecule has 2 amide bonds. The Morgan fingerprint density at radius 2 is 1.65 bits per heavy atom. The molecule has 0 aliphatic carbocycles. The Hall–Kier alpha value is -3.22. The third-order valence-electron chi connectivity index (χ3n) is 3.39. The fourth-order valence-electron chi connectivity index (χ4n) is 2.19. The van der Waals surface area contributed by atoms with Crippen molar-refractivity contribution in [2.24, 2.45) is 0 Å². The SMILES string of the molecule is CC(=O)Nc1ccc(NC(=O)C(C)OC(=O)Cc2cccc(F)c2)cc1. The number of benzene rings is 2. The summed E-state index contributed by atoms with van der Waals surface area (Å²) in [7, 11) is 0. The second-order valence-electron chi connectivity index (χ2n) is 5.69. The number of nitrogens with one attached hydrogen (secondary N) is 2. The summed E-state index contributed by atoms with van der Waals surface area (Å²) in [5.74, 6) is -1.76. The Bertz CT molecular complexity index is 805. The number of rotatable bonds is 6. The van der Waals surface area contributed by atoms with Crippen LogP contribution in [0.3, 0.4) is 0 Å². The van der Waals surface area contributed by atoms with Gasteiger partial charge in [-0.25, -0.2) is 4.39 Å². The van der Waals surface area contributed by atoms with Crippen molar-refractivity contribution in [3.63, 3.8) is 0 Å². The Kier molecular flexibility index (Phi) is 6.43. The smallest absolute Gasteiger partial charge is 0.311 e. The van der Waals surface area contributed by atoms with Gasteiger partial charge in [-0.15, -0.1) is 0 Å². The first kappa shape index (κ1) is 19.1. The van der Waals surface area contributed by atoms with Crippen LogP contribution in [0.25, 0.3) is 0 Å². The minimum atomic E-state index is -1.01. The molecule has 0 bridgehead atoms. The zero-order valence-electron chi connectivity index (χ0n) is 14.4. The molecular weight excluding hydrogens is 339 g/mol. The van der Waals surface area contributed by atoms with Crippen molar-refractivity contribution in [1.82, 2.24) is 0 Å². The van der Waals surface area contributed by atoms with Crippen molar-refractivity contribution in [2.45, 2.75) is 26.4 Å². The van der Waals surface area contributed by atoms with Gasteiger partial charge in [-0.3, -0.25) is 14.4 Å². The minimum Gasteiger partial charge on any atom is -0.452 e. The van der Waals surface area contributed by atoms with Gasteiger partial charge in [0, 0.05) is 18.3 Å². The molecule has 0 heterocycles. The van der Waals surface area contributed by atoms with Crippen molar-refractivity contribution < 1.29 is 23.5 Å². The molecule has 6 nitrogen and oxygen atoms in total. The van der Waals surface area contributed by atoms with Gasteiger partial charge in [-0.05, 0) is 48.9 Å². The van der Waals surface area contributed by atoms with Crippen LogP contribution >= 0.6 is 0 Å². The van der Waals surface area contributed by atoms with E-state index in [1.807, 2.05) is 0 Å². The van der Waals surface area contributed by atoms with E-state index in [0.717, 1.165) is 0 Å². The van der Waals surface area contributed by atoms with Gasteiger partial charge < -0.3 is 15.4 Å². The Morgan fingerprint density at radius 3 is 2.23 bits per heavy atom. The highest BCUT2D eigenvalue weighted by Gasteiger charge is 2.18. The van der Waals surface area contributed by atoms with E-state index in [1.54, 1.807) is 30.3 Å². The molecule has 26 heavy (non-hydrogen) atoms. The lowest BCUT2D eigenvalue weighted by Crippen LogP contribution is -2.30. The maximum atomic E-state index is 13.1. The van der Waals surface area contributed by atoms with E-state index in [-0.39, 0.29) is 12.3 Å². The maximum Gasteiger partial charge on any atom is 0.311 e. The lowest BCUT2D eigenvalue weighted by molar-refractivity contribution is -0.152. The zero-order chi connectivity index (χ0) is 19.1. The van der Waals surface area contributed by atoms with Crippen molar-refractivity contribution in [3.05, 3.63) is 59.9 Å². The highest BCUT2D eigenvalue weighted by atomic mass is 19.1. The largest absolute Gasteiger partial charge is 0.452 e. The Labute approximate surface area is 150 Å². The molecule has 2 aromatic rings. The number of esters is 1. The van der Waals surface area contributed by atoms with Crippen molar-refractivity contribution >= 4 is 29.2 Å². The van der Waals surface area contributed by atoms with Crippen LogP contribution in [0.15, 0.2) is 48.5 Å². The summed E-state index contributed by atoms with van der Waals surface area (Å²) in [6.07, 6.45) is -1.13. The standard InChI is InChI=1S/C19H19FN2O4/c1-12(26-18(24)11-14-4-3-5-15(20)10-14)19(25)22-17-8-6-16(7-9-17)21-13(2)23/h3-10,12H,11H2,1-2H3,(H,21,23)(H,22,25). The van der Waals surface area contributed by atoms with Crippen LogP contribution in [-0.4, -0.2) is 23.9 Å². The number of carbonyl (C=O) groups excluding carboxylic acids is 3. The number of hydrogen-bond donors (Lipinski definition) is 2. The molecule has 0 aliphatic rings. The predicted molar refractivity (Wildman–Crippen MR) is 95.0 cm³/mol. The summed E-state index contributed by atoms with van der Waals surface area (Å²) in [5, 5.41) is 5.23. The molecule has 7 heteroatoms. The van der Waals surface area contributed by atoms with Crippen LogP contribution in [0.2, 0.25) is 0 Å². The summed E-state index contributed by atoms with van der Waals surface area (Å²) in [5.41, 5.74) is 1.57. The van der Waals surface area contributed by atoms with E-state index in [4.69, 9.17) is 4.74 Å². The summed E-state index contributed by atoms with van der Waals surface area (Å²) < 4.78 is 18.2. The molecule has 2 rings (SSSR count). The lowest BCUT2D eigenvalue weighted by Gasteiger charge is -2.14. The number of ether oxygens (including phenoxy) is 1. The maximum absolute atomic E-state index is 13.1. The fraction of sp³-hybridized carbons (Fsp3) is 0.211. The topological polar surface area (TPSA) is 84.5 Å². The average molecular weight is 358 g/mol. The molecule has 0 fully saturated rings. The number of halogens is 1. The predicted octanol–water partition coefficient (Wildman–Crippen LogP) is 2.90. The monoisotopic (exact) mass is 358 g/mol. The summed E-state index contributed by atoms with van der Waals surface area (Å²) in [4.78, 5) is 34.9. The third kappa shape index (κ3) is 6.01. The van der Waals surface area contributed by atoms with E-state index >= 15 is 0 Å². The van der Waals surface area contributed by atoms with Crippen LogP contribution in [0.1, 0.15) is 19.4 Å². The third-order valence-corrected chi connectivity index (χ3v) is 3.39. The first-order valence-electron chi connectivity index (χ1n) is 7.96. The van der Waals surface area contributed by atoms with Crippen LogP contribution in [0.5, 0.6) is 0 Å². The first-order chi connectivity index (χ1) is 12.3. The first-order valence-corrected chi connectivity index (χ1v) is 7.96. The normalized spacial score (nSPS) is 11.3. The number of amides is 2. The number of hydrogen-bond acceptors (Lipinski definition) is 4. The molecule has 1 atom stereocenters. The second kappa shape index (κ2) is 8.75. The molecule has 0 radical (unpaired) electrons. The van der Waals surface area contributed by atoms with Gasteiger partial charge in [-0.1, -0.05) is 12.1 Å². The van der Waals surface area contributed by atoms with Crippen molar-refractivity contribution in [3.8, 4) is 0 Å². The molecule has 0 aliphatic heterocycles. The lowest BCUT2D eigenvalue weighted by atomic mass is 10.1. The highest BCUT2D eigenvalue weighted by molar-refractivity contribution is 5.95. The molecule has 0 saturated heterocycles. The molecule has 0 aromatic heterocycles. The molecular formula is C19H19FN2O4. The number of anilines is 2. The van der Waals surface area contributed by atoms with E-state index in [1.165, 1.54) is 32.0 Å². The van der Waals surface area contributed by atoms with E-state index in [0.29, 0.717) is 16.9 Å². The van der Waals surface area contributed by atoms with Crippen LogP contribution in [0.4, 0.5) is 15.8 Å². The minimum absolute atomic E-state index is 0.124. The van der Waals surface area contributed by atoms with Gasteiger partial charge in [0.2, 0.25) is 5.91 Å². The highest BCUT2D eigenvalue weighted by Crippen LogP contribution is 2.14. The summed E-state index contributed by atoms with van der Waals surface area (Å²) in [6, 6.07) is 12.1.